The van der Waals surface area contributed by atoms with Crippen molar-refractivity contribution in [1.29, 1.82) is 0 Å². The fourth-order valence-corrected chi connectivity index (χ4v) is 2.85. The van der Waals surface area contributed by atoms with E-state index in [0.717, 1.165) is 50.2 Å². The molecular weight excluding hydrogens is 330 g/mol. The average Bonchev–Trinajstić information content (AvgIpc) is 2.66. The van der Waals surface area contributed by atoms with E-state index in [1.165, 1.54) is 0 Å². The third kappa shape index (κ3) is 6.72. The fourth-order valence-electron chi connectivity index (χ4n) is 2.85. The van der Waals surface area contributed by atoms with Crippen molar-refractivity contribution in [3.63, 3.8) is 0 Å². The number of guanidine groups is 1. The summed E-state index contributed by atoms with van der Waals surface area (Å²) in [7, 11) is 6.00. The Morgan fingerprint density at radius 1 is 1.15 bits per heavy atom. The molecule has 26 heavy (non-hydrogen) atoms. The summed E-state index contributed by atoms with van der Waals surface area (Å²) >= 11 is 0. The minimum Gasteiger partial charge on any atom is -0.497 e. The van der Waals surface area contributed by atoms with Crippen molar-refractivity contribution in [2.75, 3.05) is 67.1 Å². The first-order valence-corrected chi connectivity index (χ1v) is 9.30. The van der Waals surface area contributed by atoms with Gasteiger partial charge >= 0.3 is 0 Å². The van der Waals surface area contributed by atoms with Gasteiger partial charge in [-0.2, -0.15) is 0 Å². The van der Waals surface area contributed by atoms with Gasteiger partial charge in [-0.1, -0.05) is 0 Å². The van der Waals surface area contributed by atoms with E-state index in [9.17, 15) is 0 Å². The summed E-state index contributed by atoms with van der Waals surface area (Å²) < 4.78 is 10.9. The number of likely N-dealkylation sites (N-methyl/N-ethyl adjacent to an activating group) is 2. The molecule has 2 rings (SSSR count). The van der Waals surface area contributed by atoms with Gasteiger partial charge in [-0.15, -0.1) is 0 Å². The van der Waals surface area contributed by atoms with Crippen LogP contribution < -0.4 is 20.1 Å². The Bertz CT molecular complexity index is 549. The number of nitrogens with zero attached hydrogens (tertiary/aromatic N) is 3. The maximum absolute atomic E-state index is 5.74. The number of ether oxygens (including phenoxy) is 2. The zero-order valence-electron chi connectivity index (χ0n) is 16.5. The van der Waals surface area contributed by atoms with Crippen LogP contribution >= 0.6 is 0 Å². The van der Waals surface area contributed by atoms with Gasteiger partial charge < -0.3 is 25.0 Å². The van der Waals surface area contributed by atoms with Crippen molar-refractivity contribution < 1.29 is 9.47 Å². The van der Waals surface area contributed by atoms with Crippen LogP contribution in [-0.2, 0) is 0 Å². The Kier molecular flexibility index (Phi) is 8.50. The second-order valence-electron chi connectivity index (χ2n) is 6.57. The lowest BCUT2D eigenvalue weighted by molar-refractivity contribution is 0.119. The molecular formula is C19H33N5O2. The quantitative estimate of drug-likeness (QED) is 0.406. The first kappa shape index (κ1) is 20.3. The van der Waals surface area contributed by atoms with Crippen LogP contribution in [-0.4, -0.2) is 88.9 Å². The van der Waals surface area contributed by atoms with E-state index in [1.807, 2.05) is 24.3 Å². The molecule has 0 aliphatic carbocycles. The molecule has 1 saturated heterocycles. The first-order valence-electron chi connectivity index (χ1n) is 9.30. The lowest BCUT2D eigenvalue weighted by atomic mass is 10.2. The highest BCUT2D eigenvalue weighted by Gasteiger charge is 2.21. The molecule has 7 nitrogen and oxygen atoms in total. The summed E-state index contributed by atoms with van der Waals surface area (Å²) in [6.07, 6.45) is 0. The molecule has 0 radical (unpaired) electrons. The molecule has 7 heteroatoms. The zero-order chi connectivity index (χ0) is 18.8. The van der Waals surface area contributed by atoms with Crippen LogP contribution in [0.15, 0.2) is 29.3 Å². The number of aliphatic imine (C=N–C) groups is 1. The van der Waals surface area contributed by atoms with E-state index in [2.05, 4.69) is 41.5 Å². The van der Waals surface area contributed by atoms with Gasteiger partial charge in [0.2, 0.25) is 0 Å². The lowest BCUT2D eigenvalue weighted by Gasteiger charge is -2.36. The minimum atomic E-state index is 0.458. The Morgan fingerprint density at radius 2 is 1.88 bits per heavy atom. The van der Waals surface area contributed by atoms with Gasteiger partial charge in [0.05, 0.1) is 20.2 Å². The predicted octanol–water partition coefficient (Wildman–Crippen LogP) is 0.875. The SMILES string of the molecule is CCNC(=NCC1CN(C)CCN1C)NCCOc1ccc(OC)cc1. The average molecular weight is 364 g/mol. The van der Waals surface area contributed by atoms with Crippen molar-refractivity contribution in [1.82, 2.24) is 20.4 Å². The molecule has 0 amide bonds. The summed E-state index contributed by atoms with van der Waals surface area (Å²) in [5.41, 5.74) is 0. The van der Waals surface area contributed by atoms with Crippen LogP contribution in [0.25, 0.3) is 0 Å². The summed E-state index contributed by atoms with van der Waals surface area (Å²) in [5.74, 6) is 2.50. The Morgan fingerprint density at radius 3 is 2.58 bits per heavy atom. The molecule has 0 bridgehead atoms. The van der Waals surface area contributed by atoms with Crippen molar-refractivity contribution in [3.05, 3.63) is 24.3 Å². The predicted molar refractivity (Wildman–Crippen MR) is 106 cm³/mol. The largest absolute Gasteiger partial charge is 0.497 e. The minimum absolute atomic E-state index is 0.458. The molecule has 1 aromatic rings. The molecule has 0 aromatic heterocycles. The van der Waals surface area contributed by atoms with Gasteiger partial charge in [0.1, 0.15) is 18.1 Å². The fraction of sp³-hybridized carbons (Fsp3) is 0.632. The number of nitrogens with one attached hydrogen (secondary N) is 2. The van der Waals surface area contributed by atoms with Gasteiger partial charge in [0.25, 0.3) is 0 Å². The monoisotopic (exact) mass is 363 g/mol. The maximum Gasteiger partial charge on any atom is 0.191 e. The van der Waals surface area contributed by atoms with E-state index in [1.54, 1.807) is 7.11 Å². The summed E-state index contributed by atoms with van der Waals surface area (Å²) in [4.78, 5) is 9.50. The van der Waals surface area contributed by atoms with Crippen LogP contribution in [0.2, 0.25) is 0 Å². The molecule has 0 spiro atoms. The number of piperazine rings is 1. The van der Waals surface area contributed by atoms with Crippen molar-refractivity contribution in [3.8, 4) is 11.5 Å². The first-order chi connectivity index (χ1) is 12.6. The molecule has 1 aromatic carbocycles. The van der Waals surface area contributed by atoms with Crippen molar-refractivity contribution in [2.45, 2.75) is 13.0 Å². The molecule has 1 aliphatic rings. The normalized spacial score (nSPS) is 19.2. The van der Waals surface area contributed by atoms with Crippen LogP contribution in [0.5, 0.6) is 11.5 Å². The van der Waals surface area contributed by atoms with Crippen LogP contribution in [0.1, 0.15) is 6.92 Å². The highest BCUT2D eigenvalue weighted by molar-refractivity contribution is 5.79. The third-order valence-corrected chi connectivity index (χ3v) is 4.51. The molecule has 1 unspecified atom stereocenters. The summed E-state index contributed by atoms with van der Waals surface area (Å²) in [5, 5.41) is 6.63. The lowest BCUT2D eigenvalue weighted by Crippen LogP contribution is -2.51. The number of methoxy groups -OCH3 is 1. The van der Waals surface area contributed by atoms with Crippen molar-refractivity contribution >= 4 is 5.96 Å². The summed E-state index contributed by atoms with van der Waals surface area (Å²) in [6, 6.07) is 8.07. The van der Waals surface area contributed by atoms with Gasteiger partial charge in [-0.3, -0.25) is 9.89 Å². The molecule has 1 aliphatic heterocycles. The number of hydrogen-bond acceptors (Lipinski definition) is 5. The van der Waals surface area contributed by atoms with Crippen LogP contribution in [0, 0.1) is 0 Å². The summed E-state index contributed by atoms with van der Waals surface area (Å²) in [6.45, 7) is 8.24. The molecule has 2 N–H and O–H groups in total. The topological polar surface area (TPSA) is 61.4 Å². The third-order valence-electron chi connectivity index (χ3n) is 4.51. The van der Waals surface area contributed by atoms with E-state index in [0.29, 0.717) is 19.2 Å². The smallest absolute Gasteiger partial charge is 0.191 e. The van der Waals surface area contributed by atoms with Gasteiger partial charge in [0.15, 0.2) is 5.96 Å². The van der Waals surface area contributed by atoms with E-state index in [-0.39, 0.29) is 0 Å². The van der Waals surface area contributed by atoms with Gasteiger partial charge in [-0.25, -0.2) is 0 Å². The molecule has 146 valence electrons. The van der Waals surface area contributed by atoms with E-state index in [4.69, 9.17) is 14.5 Å². The number of benzene rings is 1. The van der Waals surface area contributed by atoms with Gasteiger partial charge in [-0.05, 0) is 45.3 Å². The Hall–Kier alpha value is -1.99. The highest BCUT2D eigenvalue weighted by Crippen LogP contribution is 2.16. The second-order valence-corrected chi connectivity index (χ2v) is 6.57. The van der Waals surface area contributed by atoms with Crippen LogP contribution in [0.3, 0.4) is 0 Å². The Balaban J connectivity index is 1.75. The molecule has 1 fully saturated rings. The maximum atomic E-state index is 5.74. The standard InChI is InChI=1S/C19H33N5O2/c1-5-20-19(22-14-16-15-23(2)11-12-24(16)3)21-10-13-26-18-8-6-17(25-4)7-9-18/h6-9,16H,5,10-15H2,1-4H3,(H2,20,21,22). The van der Waals surface area contributed by atoms with E-state index >= 15 is 0 Å². The second kappa shape index (κ2) is 10.9. The number of rotatable bonds is 8. The highest BCUT2D eigenvalue weighted by atomic mass is 16.5. The van der Waals surface area contributed by atoms with Crippen LogP contribution in [0.4, 0.5) is 0 Å². The zero-order valence-corrected chi connectivity index (χ0v) is 16.5. The van der Waals surface area contributed by atoms with Gasteiger partial charge in [0, 0.05) is 32.2 Å². The molecule has 1 atom stereocenters. The number of hydrogen-bond donors (Lipinski definition) is 2. The van der Waals surface area contributed by atoms with Crippen molar-refractivity contribution in [2.24, 2.45) is 4.99 Å². The van der Waals surface area contributed by atoms with E-state index < -0.39 is 0 Å². The Labute approximate surface area is 157 Å². The molecule has 1 heterocycles. The molecule has 0 saturated carbocycles.